The molecule has 0 bridgehead atoms. The summed E-state index contributed by atoms with van der Waals surface area (Å²) in [6, 6.07) is 68.3. The number of fused-ring (bicyclic) bond motifs is 13. The monoisotopic (exact) mass is 941 g/mol. The highest BCUT2D eigenvalue weighted by atomic mass is 28.3. The fraction of sp³-hybridized carbons (Fsp3) is 0.0625. The molecule has 14 rings (SSSR count). The number of anilines is 6. The molecule has 14 aromatic rings. The number of aryl methyl sites for hydroxylation is 1. The Balaban J connectivity index is 1.00. The van der Waals surface area contributed by atoms with Gasteiger partial charge >= 0.3 is 0 Å². The minimum Gasteiger partial charge on any atom is -0.454 e. The van der Waals surface area contributed by atoms with Gasteiger partial charge < -0.3 is 23.0 Å². The van der Waals surface area contributed by atoms with Crippen LogP contribution in [0.4, 0.5) is 39.8 Å². The van der Waals surface area contributed by atoms with Crippen LogP contribution in [0.25, 0.3) is 97.6 Å². The quantitative estimate of drug-likeness (QED) is 0.118. The molecule has 0 radical (unpaired) electrons. The smallest absolute Gasteiger partial charge is 0.187 e. The Labute approximate surface area is 415 Å². The third-order valence-corrected chi connectivity index (χ3v) is 16.8. The van der Waals surface area contributed by atoms with Gasteiger partial charge in [0.15, 0.2) is 16.9 Å². The van der Waals surface area contributed by atoms with Gasteiger partial charge in [0.2, 0.25) is 0 Å². The number of aromatic nitrogens is 1. The molecule has 0 fully saturated rings. The Kier molecular flexibility index (Phi) is 8.86. The first-order chi connectivity index (χ1) is 35.2. The largest absolute Gasteiger partial charge is 0.454 e. The molecular weight excluding hydrogens is 899 g/mol. The lowest BCUT2D eigenvalue weighted by Gasteiger charge is -2.26. The summed E-state index contributed by atoms with van der Waals surface area (Å²) in [5, 5.41) is 22.3. The summed E-state index contributed by atoms with van der Waals surface area (Å²) in [5.41, 5.74) is 14.8. The minimum atomic E-state index is -1.75. The topological polar surface area (TPSA) is 65.3 Å². The first-order valence-corrected chi connectivity index (χ1v) is 27.7. The molecule has 7 nitrogen and oxygen atoms in total. The lowest BCUT2D eigenvalue weighted by molar-refractivity contribution is 0.666. The van der Waals surface area contributed by atoms with E-state index in [4.69, 9.17) is 15.4 Å². The van der Waals surface area contributed by atoms with E-state index in [-0.39, 0.29) is 0 Å². The molecule has 0 spiro atoms. The normalized spacial score (nSPS) is 12.1. The lowest BCUT2D eigenvalue weighted by atomic mass is 10.0. The molecule has 4 heterocycles. The molecular formula is C64H43N5O2Si. The van der Waals surface area contributed by atoms with Crippen LogP contribution in [-0.4, -0.2) is 12.5 Å². The standard InChI is InChI=1S/C64H43N5O2Si/c1-38-12-8-14-47-48-15-10-20-56(63(48)70-61(38)47)68(44-27-22-39(37-65)23-28-44)54-33-32-46-52-35-40-24-29-45(34-41(40)36-57(52)69-53-18-7-6-13-51(53)59(54)60(46)69)67(43-30-25-42(66-2)26-31-43)55-19-9-16-49-50-17-11-21-58(72(3,4)5)64(50)71-62(49)55/h6-36H,1,3-5H3. The number of furan rings is 2. The van der Waals surface area contributed by atoms with Gasteiger partial charge in [0.25, 0.3) is 0 Å². The van der Waals surface area contributed by atoms with Crippen LogP contribution >= 0.6 is 0 Å². The second-order valence-corrected chi connectivity index (χ2v) is 25.0. The van der Waals surface area contributed by atoms with Crippen LogP contribution in [-0.2, 0) is 0 Å². The summed E-state index contributed by atoms with van der Waals surface area (Å²) in [4.78, 5) is 8.30. The average Bonchev–Trinajstić information content (AvgIpc) is 4.17. The first-order valence-electron chi connectivity index (χ1n) is 24.2. The molecule has 72 heavy (non-hydrogen) atoms. The molecule has 8 heteroatoms. The zero-order valence-electron chi connectivity index (χ0n) is 40.0. The van der Waals surface area contributed by atoms with Gasteiger partial charge in [0.1, 0.15) is 11.2 Å². The van der Waals surface area contributed by atoms with Crippen LogP contribution in [0.15, 0.2) is 197 Å². The van der Waals surface area contributed by atoms with Crippen LogP contribution in [0.2, 0.25) is 19.6 Å². The summed E-state index contributed by atoms with van der Waals surface area (Å²) in [5.74, 6) is 0. The van der Waals surface area contributed by atoms with E-state index < -0.39 is 8.07 Å². The number of nitrogens with zero attached hydrogens (tertiary/aromatic N) is 5. The molecule has 0 aliphatic heterocycles. The molecule has 10 aromatic carbocycles. The van der Waals surface area contributed by atoms with Gasteiger partial charge in [0, 0.05) is 60.2 Å². The van der Waals surface area contributed by atoms with Crippen molar-refractivity contribution >= 4 is 146 Å². The molecule has 0 amide bonds. The van der Waals surface area contributed by atoms with Crippen LogP contribution in [0.5, 0.6) is 0 Å². The van der Waals surface area contributed by atoms with Crippen LogP contribution < -0.4 is 15.0 Å². The first kappa shape index (κ1) is 41.6. The van der Waals surface area contributed by atoms with Crippen molar-refractivity contribution in [3.63, 3.8) is 0 Å². The zero-order chi connectivity index (χ0) is 48.6. The van der Waals surface area contributed by atoms with Crippen molar-refractivity contribution in [3.8, 4) is 6.07 Å². The maximum atomic E-state index is 9.87. The lowest BCUT2D eigenvalue weighted by Crippen LogP contribution is -2.37. The third-order valence-electron chi connectivity index (χ3n) is 14.7. The van der Waals surface area contributed by atoms with Gasteiger partial charge in [-0.1, -0.05) is 123 Å². The van der Waals surface area contributed by atoms with Gasteiger partial charge in [-0.3, -0.25) is 0 Å². The summed E-state index contributed by atoms with van der Waals surface area (Å²) in [7, 11) is -1.75. The molecule has 0 N–H and O–H groups in total. The van der Waals surface area contributed by atoms with E-state index in [1.165, 1.54) is 16.0 Å². The van der Waals surface area contributed by atoms with Crippen molar-refractivity contribution in [1.29, 1.82) is 5.26 Å². The van der Waals surface area contributed by atoms with Crippen molar-refractivity contribution in [2.45, 2.75) is 26.6 Å². The third kappa shape index (κ3) is 6.00. The van der Waals surface area contributed by atoms with Gasteiger partial charge in [-0.25, -0.2) is 4.85 Å². The predicted octanol–water partition coefficient (Wildman–Crippen LogP) is 18.0. The summed E-state index contributed by atoms with van der Waals surface area (Å²) in [6.07, 6.45) is 0. The highest BCUT2D eigenvalue weighted by Gasteiger charge is 2.28. The van der Waals surface area contributed by atoms with Gasteiger partial charge in [-0.05, 0) is 113 Å². The van der Waals surface area contributed by atoms with Crippen molar-refractivity contribution in [2.24, 2.45) is 0 Å². The van der Waals surface area contributed by atoms with E-state index >= 15 is 0 Å². The van der Waals surface area contributed by atoms with E-state index in [1.54, 1.807) is 0 Å². The molecule has 0 saturated carbocycles. The summed E-state index contributed by atoms with van der Waals surface area (Å²) >= 11 is 0. The minimum absolute atomic E-state index is 0.587. The summed E-state index contributed by atoms with van der Waals surface area (Å²) < 4.78 is 16.3. The highest BCUT2D eigenvalue weighted by Crippen LogP contribution is 2.50. The van der Waals surface area contributed by atoms with E-state index in [2.05, 4.69) is 191 Å². The van der Waals surface area contributed by atoms with Gasteiger partial charge in [0.05, 0.1) is 59.9 Å². The average molecular weight is 942 g/mol. The predicted molar refractivity (Wildman–Crippen MR) is 301 cm³/mol. The molecule has 340 valence electrons. The fourth-order valence-corrected chi connectivity index (χ4v) is 12.9. The van der Waals surface area contributed by atoms with Crippen LogP contribution in [0.3, 0.4) is 0 Å². The number of nitriles is 1. The van der Waals surface area contributed by atoms with Crippen molar-refractivity contribution < 1.29 is 8.83 Å². The number of para-hydroxylation sites is 5. The number of hydrogen-bond donors (Lipinski definition) is 0. The van der Waals surface area contributed by atoms with E-state index in [1.807, 2.05) is 48.5 Å². The Bertz CT molecular complexity index is 4660. The second-order valence-electron chi connectivity index (χ2n) is 20.0. The second kappa shape index (κ2) is 15.3. The Morgan fingerprint density at radius 1 is 0.500 bits per heavy atom. The van der Waals surface area contributed by atoms with Crippen LogP contribution in [0, 0.1) is 24.8 Å². The summed E-state index contributed by atoms with van der Waals surface area (Å²) in [6.45, 7) is 16.9. The number of hydrogen-bond acceptors (Lipinski definition) is 5. The van der Waals surface area contributed by atoms with Crippen molar-refractivity contribution in [2.75, 3.05) is 9.80 Å². The maximum absolute atomic E-state index is 9.87. The Morgan fingerprint density at radius 3 is 1.83 bits per heavy atom. The number of rotatable bonds is 7. The molecule has 4 aromatic heterocycles. The van der Waals surface area contributed by atoms with E-state index in [0.29, 0.717) is 11.3 Å². The Hall–Kier alpha value is -9.34. The molecule has 0 aliphatic carbocycles. The highest BCUT2D eigenvalue weighted by molar-refractivity contribution is 6.90. The fourth-order valence-electron chi connectivity index (χ4n) is 11.4. The van der Waals surface area contributed by atoms with Gasteiger partial charge in [-0.15, -0.1) is 0 Å². The Morgan fingerprint density at radius 2 is 1.11 bits per heavy atom. The molecule has 0 unspecified atom stereocenters. The van der Waals surface area contributed by atoms with Crippen molar-refractivity contribution in [3.05, 3.63) is 211 Å². The van der Waals surface area contributed by atoms with Crippen molar-refractivity contribution in [1.82, 2.24) is 4.40 Å². The maximum Gasteiger partial charge on any atom is 0.187 e. The molecule has 0 atom stereocenters. The molecule has 0 saturated heterocycles. The van der Waals surface area contributed by atoms with E-state index in [9.17, 15) is 5.26 Å². The van der Waals surface area contributed by atoms with Crippen LogP contribution in [0.1, 0.15) is 11.1 Å². The SMILES string of the molecule is [C-]#[N+]c1ccc(N(c2ccc3cc4c5ccc(N(c6ccc(C#N)cc6)c6cccc7c6oc6c(C)cccc67)c6c7ccccc7n(c4cc3c2)c56)c2cccc3c2oc2c([Si](C)(C)C)cccc23)cc1. The molecule has 0 aliphatic rings. The van der Waals surface area contributed by atoms with Gasteiger partial charge in [-0.2, -0.15) is 5.26 Å². The number of benzene rings is 10. The van der Waals surface area contributed by atoms with E-state index in [0.717, 1.165) is 122 Å². The zero-order valence-corrected chi connectivity index (χ0v) is 41.0.